The van der Waals surface area contributed by atoms with Gasteiger partial charge in [-0.2, -0.15) is 5.10 Å². The van der Waals surface area contributed by atoms with Gasteiger partial charge in [0.25, 0.3) is 10.0 Å². The zero-order valence-electron chi connectivity index (χ0n) is 21.5. The summed E-state index contributed by atoms with van der Waals surface area (Å²) in [5, 5.41) is 5.05. The van der Waals surface area contributed by atoms with E-state index in [-0.39, 0.29) is 40.0 Å². The molecule has 1 saturated carbocycles. The highest BCUT2D eigenvalue weighted by molar-refractivity contribution is 7.92. The van der Waals surface area contributed by atoms with Gasteiger partial charge in [-0.15, -0.1) is 0 Å². The second-order valence-electron chi connectivity index (χ2n) is 10.2. The van der Waals surface area contributed by atoms with Crippen LogP contribution >= 0.6 is 0 Å². The monoisotopic (exact) mass is 558 g/mol. The van der Waals surface area contributed by atoms with Crippen LogP contribution in [-0.4, -0.2) is 29.2 Å². The molecule has 39 heavy (non-hydrogen) atoms. The summed E-state index contributed by atoms with van der Waals surface area (Å²) in [5.74, 6) is -2.26. The molecule has 2 aromatic carbocycles. The average molecular weight is 559 g/mol. The van der Waals surface area contributed by atoms with Crippen LogP contribution in [0, 0.1) is 17.5 Å². The molecule has 0 bridgehead atoms. The van der Waals surface area contributed by atoms with Crippen LogP contribution in [0.1, 0.15) is 57.1 Å². The maximum atomic E-state index is 15.5. The van der Waals surface area contributed by atoms with Crippen molar-refractivity contribution in [3.05, 3.63) is 65.6 Å². The number of aromatic nitrogens is 3. The molecular weight excluding hydrogens is 529 g/mol. The SMILES string of the molecule is CC(C)n1nc(-c2cc(F)c(NS(=O)(=O)c3ccc(F)cc3)cc2F)c2c(N)ncc([C@H]3CC[C@H](N)CC3)c21. The highest BCUT2D eigenvalue weighted by atomic mass is 32.2. The fraction of sp³-hybridized carbons (Fsp3) is 0.333. The summed E-state index contributed by atoms with van der Waals surface area (Å²) in [6.07, 6.45) is 5.20. The van der Waals surface area contributed by atoms with E-state index in [0.717, 1.165) is 67.6 Å². The molecule has 0 aliphatic heterocycles. The minimum atomic E-state index is -4.30. The quantitative estimate of drug-likeness (QED) is 0.288. The summed E-state index contributed by atoms with van der Waals surface area (Å²) in [4.78, 5) is 4.08. The maximum Gasteiger partial charge on any atom is 0.261 e. The Morgan fingerprint density at radius 2 is 1.69 bits per heavy atom. The van der Waals surface area contributed by atoms with E-state index in [1.165, 1.54) is 0 Å². The van der Waals surface area contributed by atoms with Crippen LogP contribution in [0.5, 0.6) is 0 Å². The predicted molar refractivity (Wildman–Crippen MR) is 144 cm³/mol. The number of rotatable bonds is 6. The van der Waals surface area contributed by atoms with Crippen LogP contribution in [0.2, 0.25) is 0 Å². The molecule has 0 saturated heterocycles. The van der Waals surface area contributed by atoms with Crippen molar-refractivity contribution in [2.75, 3.05) is 10.5 Å². The molecule has 12 heteroatoms. The number of anilines is 2. The number of halogens is 3. The Labute approximate surface area is 224 Å². The van der Waals surface area contributed by atoms with Gasteiger partial charge in [-0.3, -0.25) is 9.40 Å². The first kappa shape index (κ1) is 26.9. The fourth-order valence-corrected chi connectivity index (χ4v) is 6.19. The third-order valence-corrected chi connectivity index (χ3v) is 8.55. The number of sulfonamides is 1. The molecule has 8 nitrogen and oxygen atoms in total. The molecule has 5 N–H and O–H groups in total. The second kappa shape index (κ2) is 10.2. The number of pyridine rings is 1. The van der Waals surface area contributed by atoms with Gasteiger partial charge in [0.1, 0.15) is 29.0 Å². The van der Waals surface area contributed by atoms with E-state index in [2.05, 4.69) is 10.1 Å². The molecule has 0 spiro atoms. The van der Waals surface area contributed by atoms with Gasteiger partial charge in [0.2, 0.25) is 0 Å². The third kappa shape index (κ3) is 5.06. The molecule has 5 rings (SSSR count). The normalized spacial score (nSPS) is 18.1. The van der Waals surface area contributed by atoms with Gasteiger partial charge < -0.3 is 11.5 Å². The average Bonchev–Trinajstić information content (AvgIpc) is 3.29. The zero-order valence-corrected chi connectivity index (χ0v) is 22.3. The van der Waals surface area contributed by atoms with Gasteiger partial charge in [-0.25, -0.2) is 26.6 Å². The molecule has 2 aromatic heterocycles. The van der Waals surface area contributed by atoms with Crippen LogP contribution in [-0.2, 0) is 10.0 Å². The number of hydrogen-bond donors (Lipinski definition) is 3. The van der Waals surface area contributed by atoms with Crippen molar-refractivity contribution < 1.29 is 21.6 Å². The van der Waals surface area contributed by atoms with Crippen molar-refractivity contribution in [2.45, 2.75) is 62.4 Å². The van der Waals surface area contributed by atoms with Gasteiger partial charge in [0.15, 0.2) is 0 Å². The largest absolute Gasteiger partial charge is 0.383 e. The lowest BCUT2D eigenvalue weighted by atomic mass is 9.82. The molecule has 0 unspecified atom stereocenters. The number of benzene rings is 2. The molecule has 0 atom stereocenters. The number of nitrogens with one attached hydrogen (secondary N) is 1. The van der Waals surface area contributed by atoms with Crippen molar-refractivity contribution in [3.8, 4) is 11.3 Å². The molecule has 1 fully saturated rings. The first-order chi connectivity index (χ1) is 18.5. The number of nitrogens with two attached hydrogens (primary N) is 2. The summed E-state index contributed by atoms with van der Waals surface area (Å²) in [5.41, 5.74) is 13.4. The van der Waals surface area contributed by atoms with Gasteiger partial charge in [-0.05, 0) is 81.3 Å². The minimum absolute atomic E-state index is 0.113. The number of hydrogen-bond acceptors (Lipinski definition) is 6. The van der Waals surface area contributed by atoms with E-state index in [4.69, 9.17) is 11.5 Å². The van der Waals surface area contributed by atoms with E-state index >= 15 is 8.78 Å². The molecule has 4 aromatic rings. The van der Waals surface area contributed by atoms with Crippen LogP contribution in [0.4, 0.5) is 24.7 Å². The Balaban J connectivity index is 1.60. The molecule has 0 radical (unpaired) electrons. The van der Waals surface area contributed by atoms with Crippen molar-refractivity contribution in [1.29, 1.82) is 0 Å². The van der Waals surface area contributed by atoms with Crippen LogP contribution in [0.3, 0.4) is 0 Å². The Hall–Kier alpha value is -3.64. The second-order valence-corrected chi connectivity index (χ2v) is 11.9. The maximum absolute atomic E-state index is 15.5. The highest BCUT2D eigenvalue weighted by Crippen LogP contribution is 2.42. The molecular formula is C27H29F3N6O2S. The lowest BCUT2D eigenvalue weighted by Gasteiger charge is -2.27. The Morgan fingerprint density at radius 3 is 2.33 bits per heavy atom. The lowest BCUT2D eigenvalue weighted by Crippen LogP contribution is -2.26. The Morgan fingerprint density at radius 1 is 1.03 bits per heavy atom. The van der Waals surface area contributed by atoms with Crippen molar-refractivity contribution >= 4 is 32.4 Å². The van der Waals surface area contributed by atoms with Crippen molar-refractivity contribution in [3.63, 3.8) is 0 Å². The molecule has 1 aliphatic carbocycles. The topological polar surface area (TPSA) is 129 Å². The van der Waals surface area contributed by atoms with E-state index < -0.39 is 33.2 Å². The summed E-state index contributed by atoms with van der Waals surface area (Å²) in [6.45, 7) is 3.86. The van der Waals surface area contributed by atoms with Gasteiger partial charge in [0, 0.05) is 29.9 Å². The molecule has 1 aliphatic rings. The zero-order chi connectivity index (χ0) is 28.1. The predicted octanol–water partition coefficient (Wildman–Crippen LogP) is 5.46. The van der Waals surface area contributed by atoms with Crippen LogP contribution in [0.25, 0.3) is 22.2 Å². The first-order valence-electron chi connectivity index (χ1n) is 12.7. The summed E-state index contributed by atoms with van der Waals surface area (Å²) in [7, 11) is -4.30. The third-order valence-electron chi connectivity index (χ3n) is 7.16. The van der Waals surface area contributed by atoms with Crippen molar-refractivity contribution in [2.24, 2.45) is 5.73 Å². The van der Waals surface area contributed by atoms with Crippen molar-refractivity contribution in [1.82, 2.24) is 14.8 Å². The van der Waals surface area contributed by atoms with Gasteiger partial charge in [-0.1, -0.05) is 0 Å². The smallest absolute Gasteiger partial charge is 0.261 e. The molecule has 2 heterocycles. The summed E-state index contributed by atoms with van der Waals surface area (Å²) < 4.78 is 73.1. The standard InChI is InChI=1S/C27H29F3N6O2S/c1-14(2)36-26-20(15-3-7-17(31)8-4-15)13-33-27(32)24(26)25(34-36)19-11-22(30)23(12-21(19)29)35-39(37,38)18-9-5-16(28)6-10-18/h5-6,9-15,17,35H,3-4,7-8,31H2,1-2H3,(H2,32,33)/t15-,17-. The molecule has 206 valence electrons. The van der Waals surface area contributed by atoms with E-state index in [1.807, 2.05) is 18.6 Å². The van der Waals surface area contributed by atoms with E-state index in [0.29, 0.717) is 10.9 Å². The summed E-state index contributed by atoms with van der Waals surface area (Å²) in [6, 6.07) is 5.63. The number of fused-ring (bicyclic) bond motifs is 1. The minimum Gasteiger partial charge on any atom is -0.383 e. The number of nitrogens with zero attached hydrogens (tertiary/aromatic N) is 3. The lowest BCUT2D eigenvalue weighted by molar-refractivity contribution is 0.395. The van der Waals surface area contributed by atoms with E-state index in [9.17, 15) is 12.8 Å². The van der Waals surface area contributed by atoms with Gasteiger partial charge >= 0.3 is 0 Å². The van der Waals surface area contributed by atoms with E-state index in [1.54, 1.807) is 10.9 Å². The Bertz CT molecular complexity index is 1650. The van der Waals surface area contributed by atoms with Crippen LogP contribution < -0.4 is 16.2 Å². The highest BCUT2D eigenvalue weighted by Gasteiger charge is 2.29. The fourth-order valence-electron chi connectivity index (χ4n) is 5.13. The Kier molecular flexibility index (Phi) is 7.02. The number of nitrogen functional groups attached to an aromatic ring is 1. The molecule has 0 amide bonds. The van der Waals surface area contributed by atoms with Gasteiger partial charge in [0.05, 0.1) is 21.5 Å². The summed E-state index contributed by atoms with van der Waals surface area (Å²) >= 11 is 0. The van der Waals surface area contributed by atoms with Crippen LogP contribution in [0.15, 0.2) is 47.5 Å². The first-order valence-corrected chi connectivity index (χ1v) is 14.1.